The van der Waals surface area contributed by atoms with E-state index in [9.17, 15) is 9.90 Å². The number of hydrogen-bond donors (Lipinski definition) is 2. The standard InChI is InChI=1S/C23H28N2O3/c1-16-9-10-17(2)18(13-16)15-25-21-8-5-4-7-19(21)20(22(25)23(26)27)14-24-11-6-12-28-3/h4-5,7-10,13,24H,6,11-12,14-15H2,1-3H3,(H,26,27). The number of rotatable bonds is 9. The molecule has 3 aromatic rings. The molecule has 0 saturated carbocycles. The van der Waals surface area contributed by atoms with Gasteiger partial charge in [0.05, 0.1) is 0 Å². The summed E-state index contributed by atoms with van der Waals surface area (Å²) < 4.78 is 7.02. The van der Waals surface area contributed by atoms with Crippen molar-refractivity contribution in [3.05, 3.63) is 70.4 Å². The molecule has 1 aromatic heterocycles. The van der Waals surface area contributed by atoms with E-state index in [-0.39, 0.29) is 0 Å². The number of aryl methyl sites for hydroxylation is 2. The minimum atomic E-state index is -0.893. The Morgan fingerprint density at radius 2 is 1.96 bits per heavy atom. The molecule has 0 radical (unpaired) electrons. The minimum absolute atomic E-state index is 0.362. The molecule has 0 bridgehead atoms. The number of nitrogens with zero attached hydrogens (tertiary/aromatic N) is 1. The van der Waals surface area contributed by atoms with Gasteiger partial charge in [0, 0.05) is 43.3 Å². The highest BCUT2D eigenvalue weighted by molar-refractivity contribution is 5.98. The number of aromatic nitrogens is 1. The molecular formula is C23H28N2O3. The largest absolute Gasteiger partial charge is 0.477 e. The van der Waals surface area contributed by atoms with E-state index in [4.69, 9.17) is 4.74 Å². The second kappa shape index (κ2) is 9.04. The van der Waals surface area contributed by atoms with Gasteiger partial charge in [-0.2, -0.15) is 0 Å². The van der Waals surface area contributed by atoms with E-state index in [1.807, 2.05) is 28.8 Å². The Balaban J connectivity index is 2.02. The maximum Gasteiger partial charge on any atom is 0.352 e. The number of para-hydroxylation sites is 1. The highest BCUT2D eigenvalue weighted by atomic mass is 16.5. The summed E-state index contributed by atoms with van der Waals surface area (Å²) in [5, 5.41) is 14.4. The van der Waals surface area contributed by atoms with Gasteiger partial charge in [-0.15, -0.1) is 0 Å². The summed E-state index contributed by atoms with van der Waals surface area (Å²) in [5.74, 6) is -0.893. The van der Waals surface area contributed by atoms with Crippen LogP contribution in [0.3, 0.4) is 0 Å². The molecule has 0 unspecified atom stereocenters. The smallest absolute Gasteiger partial charge is 0.352 e. The van der Waals surface area contributed by atoms with Gasteiger partial charge in [-0.05, 0) is 44.0 Å². The first-order valence-electron chi connectivity index (χ1n) is 9.62. The van der Waals surface area contributed by atoms with Crippen molar-refractivity contribution in [3.8, 4) is 0 Å². The van der Waals surface area contributed by atoms with E-state index in [1.165, 1.54) is 11.1 Å². The highest BCUT2D eigenvalue weighted by Gasteiger charge is 2.22. The van der Waals surface area contributed by atoms with Gasteiger partial charge in [-0.25, -0.2) is 4.79 Å². The van der Waals surface area contributed by atoms with Gasteiger partial charge in [-0.3, -0.25) is 0 Å². The van der Waals surface area contributed by atoms with Crippen LogP contribution in [0, 0.1) is 13.8 Å². The first kappa shape index (κ1) is 20.1. The van der Waals surface area contributed by atoms with Crippen molar-refractivity contribution < 1.29 is 14.6 Å². The molecule has 28 heavy (non-hydrogen) atoms. The first-order valence-corrected chi connectivity index (χ1v) is 9.62. The maximum atomic E-state index is 12.2. The van der Waals surface area contributed by atoms with E-state index in [1.54, 1.807) is 7.11 Å². The highest BCUT2D eigenvalue weighted by Crippen LogP contribution is 2.28. The average molecular weight is 380 g/mol. The number of aromatic carboxylic acids is 1. The molecule has 148 valence electrons. The van der Waals surface area contributed by atoms with Crippen LogP contribution in [-0.4, -0.2) is 35.9 Å². The van der Waals surface area contributed by atoms with Crippen LogP contribution in [0.15, 0.2) is 42.5 Å². The molecule has 5 nitrogen and oxygen atoms in total. The Morgan fingerprint density at radius 1 is 1.18 bits per heavy atom. The number of fused-ring (bicyclic) bond motifs is 1. The summed E-state index contributed by atoms with van der Waals surface area (Å²) >= 11 is 0. The molecule has 5 heteroatoms. The predicted octanol–water partition coefficient (Wildman–Crippen LogP) is 4.13. The molecule has 3 rings (SSSR count). The molecule has 1 heterocycles. The van der Waals surface area contributed by atoms with E-state index in [0.717, 1.165) is 35.0 Å². The number of nitrogens with one attached hydrogen (secondary N) is 1. The van der Waals surface area contributed by atoms with Gasteiger partial charge >= 0.3 is 5.97 Å². The molecular weight excluding hydrogens is 352 g/mol. The second-order valence-electron chi connectivity index (χ2n) is 7.19. The molecule has 0 fully saturated rings. The van der Waals surface area contributed by atoms with Crippen LogP contribution in [0.25, 0.3) is 10.9 Å². The first-order chi connectivity index (χ1) is 13.5. The number of carboxylic acids is 1. The Morgan fingerprint density at radius 3 is 2.71 bits per heavy atom. The number of hydrogen-bond acceptors (Lipinski definition) is 3. The monoisotopic (exact) mass is 380 g/mol. The molecule has 0 amide bonds. The van der Waals surface area contributed by atoms with Crippen molar-refractivity contribution in [2.75, 3.05) is 20.3 Å². The quantitative estimate of drug-likeness (QED) is 0.548. The van der Waals surface area contributed by atoms with E-state index in [2.05, 4.69) is 37.4 Å². The molecule has 0 saturated heterocycles. The number of ether oxygens (including phenoxy) is 1. The Kier molecular flexibility index (Phi) is 6.49. The van der Waals surface area contributed by atoms with E-state index < -0.39 is 5.97 Å². The van der Waals surface area contributed by atoms with Crippen LogP contribution < -0.4 is 5.32 Å². The maximum absolute atomic E-state index is 12.2. The zero-order chi connectivity index (χ0) is 20.1. The van der Waals surface area contributed by atoms with E-state index in [0.29, 0.717) is 25.4 Å². The van der Waals surface area contributed by atoms with Gasteiger partial charge in [0.25, 0.3) is 0 Å². The Hall–Kier alpha value is -2.63. The summed E-state index contributed by atoms with van der Waals surface area (Å²) in [7, 11) is 1.68. The number of benzene rings is 2. The van der Waals surface area contributed by atoms with Crippen molar-refractivity contribution in [1.82, 2.24) is 9.88 Å². The van der Waals surface area contributed by atoms with Crippen LogP contribution in [0.1, 0.15) is 39.2 Å². The lowest BCUT2D eigenvalue weighted by molar-refractivity contribution is 0.0684. The fraction of sp³-hybridized carbons (Fsp3) is 0.348. The van der Waals surface area contributed by atoms with Gasteiger partial charge in [0.15, 0.2) is 0 Å². The summed E-state index contributed by atoms with van der Waals surface area (Å²) in [6.07, 6.45) is 0.889. The van der Waals surface area contributed by atoms with Crippen molar-refractivity contribution in [2.24, 2.45) is 0 Å². The molecule has 0 atom stereocenters. The number of carboxylic acid groups (broad SMARTS) is 1. The lowest BCUT2D eigenvalue weighted by Crippen LogP contribution is -2.19. The van der Waals surface area contributed by atoms with Crippen LogP contribution in [-0.2, 0) is 17.8 Å². The summed E-state index contributed by atoms with van der Waals surface area (Å²) in [6, 6.07) is 14.2. The summed E-state index contributed by atoms with van der Waals surface area (Å²) in [4.78, 5) is 12.2. The second-order valence-corrected chi connectivity index (χ2v) is 7.19. The molecule has 0 aliphatic heterocycles. The number of carbonyl (C=O) groups is 1. The van der Waals surface area contributed by atoms with Crippen molar-refractivity contribution in [3.63, 3.8) is 0 Å². The lowest BCUT2D eigenvalue weighted by Gasteiger charge is -2.12. The zero-order valence-corrected chi connectivity index (χ0v) is 16.8. The molecule has 2 aromatic carbocycles. The van der Waals surface area contributed by atoms with Crippen LogP contribution in [0.5, 0.6) is 0 Å². The molecule has 0 spiro atoms. The zero-order valence-electron chi connectivity index (χ0n) is 16.8. The molecule has 0 aliphatic carbocycles. The fourth-order valence-electron chi connectivity index (χ4n) is 3.66. The SMILES string of the molecule is COCCCNCc1c(C(=O)O)n(Cc2cc(C)ccc2C)c2ccccc12. The fourth-order valence-corrected chi connectivity index (χ4v) is 3.66. The van der Waals surface area contributed by atoms with Gasteiger partial charge in [0.2, 0.25) is 0 Å². The van der Waals surface area contributed by atoms with Gasteiger partial charge < -0.3 is 19.7 Å². The van der Waals surface area contributed by atoms with Crippen LogP contribution in [0.4, 0.5) is 0 Å². The normalized spacial score (nSPS) is 11.2. The topological polar surface area (TPSA) is 63.5 Å². The van der Waals surface area contributed by atoms with Gasteiger partial charge in [0.1, 0.15) is 5.69 Å². The van der Waals surface area contributed by atoms with Crippen LogP contribution in [0.2, 0.25) is 0 Å². The van der Waals surface area contributed by atoms with Crippen molar-refractivity contribution >= 4 is 16.9 Å². The number of methoxy groups -OCH3 is 1. The predicted molar refractivity (Wildman–Crippen MR) is 112 cm³/mol. The Bertz CT molecular complexity index is 975. The van der Waals surface area contributed by atoms with Crippen LogP contribution >= 0.6 is 0 Å². The average Bonchev–Trinajstić information content (AvgIpc) is 2.98. The Labute approximate surface area is 165 Å². The van der Waals surface area contributed by atoms with Crippen molar-refractivity contribution in [1.29, 1.82) is 0 Å². The molecule has 0 aliphatic rings. The minimum Gasteiger partial charge on any atom is -0.477 e. The molecule has 2 N–H and O–H groups in total. The third kappa shape index (κ3) is 4.26. The van der Waals surface area contributed by atoms with E-state index >= 15 is 0 Å². The lowest BCUT2D eigenvalue weighted by atomic mass is 10.1. The third-order valence-corrected chi connectivity index (χ3v) is 5.12. The third-order valence-electron chi connectivity index (χ3n) is 5.12. The van der Waals surface area contributed by atoms with Crippen molar-refractivity contribution in [2.45, 2.75) is 33.4 Å². The van der Waals surface area contributed by atoms with Gasteiger partial charge in [-0.1, -0.05) is 42.0 Å². The summed E-state index contributed by atoms with van der Waals surface area (Å²) in [5.41, 5.74) is 5.64. The summed E-state index contributed by atoms with van der Waals surface area (Å²) in [6.45, 7) is 6.66.